The normalized spacial score (nSPS) is 22.3. The van der Waals surface area contributed by atoms with E-state index in [0.717, 1.165) is 54.4 Å². The van der Waals surface area contributed by atoms with Crippen molar-refractivity contribution in [3.8, 4) is 5.75 Å². The molecule has 2 aromatic carbocycles. The van der Waals surface area contributed by atoms with Gasteiger partial charge in [-0.15, -0.1) is 0 Å². The molecule has 34 heavy (non-hydrogen) atoms. The molecule has 0 radical (unpaired) electrons. The van der Waals surface area contributed by atoms with Gasteiger partial charge in [-0.05, 0) is 61.1 Å². The Kier molecular flexibility index (Phi) is 8.84. The Labute approximate surface area is 207 Å². The van der Waals surface area contributed by atoms with Crippen molar-refractivity contribution in [1.29, 1.82) is 0 Å². The Morgan fingerprint density at radius 3 is 2.35 bits per heavy atom. The summed E-state index contributed by atoms with van der Waals surface area (Å²) in [6.07, 6.45) is -0.0744. The van der Waals surface area contributed by atoms with Crippen molar-refractivity contribution in [2.75, 3.05) is 39.5 Å². The summed E-state index contributed by atoms with van der Waals surface area (Å²) in [4.78, 5) is 14.6. The summed E-state index contributed by atoms with van der Waals surface area (Å²) in [5, 5.41) is 4.45. The lowest BCUT2D eigenvalue weighted by atomic mass is 10.1. The van der Waals surface area contributed by atoms with E-state index in [1.807, 2.05) is 43.3 Å². The van der Waals surface area contributed by atoms with Crippen LogP contribution in [0.1, 0.15) is 25.0 Å². The van der Waals surface area contributed by atoms with Crippen molar-refractivity contribution in [1.82, 2.24) is 10.2 Å². The third-order valence-corrected chi connectivity index (χ3v) is 6.85. The van der Waals surface area contributed by atoms with E-state index in [-0.39, 0.29) is 5.97 Å². The van der Waals surface area contributed by atoms with Crippen LogP contribution in [0.4, 0.5) is 0 Å². The molecule has 2 aromatic rings. The number of nitrogens with one attached hydrogen (secondary N) is 1. The molecule has 7 heteroatoms. The van der Waals surface area contributed by atoms with E-state index in [1.54, 1.807) is 6.92 Å². The molecule has 1 heterocycles. The zero-order chi connectivity index (χ0) is 23.9. The summed E-state index contributed by atoms with van der Waals surface area (Å²) in [6, 6.07) is 16.6. The van der Waals surface area contributed by atoms with Gasteiger partial charge in [0.1, 0.15) is 12.4 Å². The molecule has 6 nitrogen and oxygen atoms in total. The second kappa shape index (κ2) is 12.0. The number of esters is 1. The minimum Gasteiger partial charge on any atom is -0.492 e. The highest BCUT2D eigenvalue weighted by molar-refractivity contribution is 6.30. The number of halogens is 1. The average molecular weight is 487 g/mol. The van der Waals surface area contributed by atoms with Gasteiger partial charge in [-0.1, -0.05) is 35.9 Å². The van der Waals surface area contributed by atoms with Crippen LogP contribution in [0.2, 0.25) is 5.02 Å². The van der Waals surface area contributed by atoms with E-state index in [2.05, 4.69) is 22.3 Å². The third kappa shape index (κ3) is 6.72. The van der Waals surface area contributed by atoms with E-state index >= 15 is 0 Å². The van der Waals surface area contributed by atoms with Crippen molar-refractivity contribution in [2.24, 2.45) is 11.8 Å². The molecular formula is C27H35ClN2O4. The number of carbonyl (C=O) groups excluding carboxylic acids is 1. The fourth-order valence-corrected chi connectivity index (χ4v) is 5.00. The molecule has 2 aliphatic rings. The molecule has 0 amide bonds. The Morgan fingerprint density at radius 2 is 1.71 bits per heavy atom. The number of nitrogens with zero attached hydrogens (tertiary/aromatic N) is 1. The van der Waals surface area contributed by atoms with Crippen LogP contribution in [0.25, 0.3) is 0 Å². The predicted molar refractivity (Wildman–Crippen MR) is 133 cm³/mol. The van der Waals surface area contributed by atoms with Crippen LogP contribution in [0, 0.1) is 11.8 Å². The zero-order valence-corrected chi connectivity index (χ0v) is 20.8. The molecule has 4 rings (SSSR count). The lowest BCUT2D eigenvalue weighted by Crippen LogP contribution is -2.33. The van der Waals surface area contributed by atoms with Gasteiger partial charge in [0.25, 0.3) is 0 Å². The molecule has 1 saturated heterocycles. The molecule has 1 N–H and O–H groups in total. The first-order chi connectivity index (χ1) is 16.6. The molecule has 1 aliphatic carbocycles. The van der Waals surface area contributed by atoms with Gasteiger partial charge in [-0.25, -0.2) is 4.79 Å². The minimum absolute atomic E-state index is 0.311. The number of piperidine rings is 1. The van der Waals surface area contributed by atoms with E-state index in [9.17, 15) is 4.79 Å². The Bertz CT molecular complexity index is 909. The molecular weight excluding hydrogens is 452 g/mol. The molecule has 4 atom stereocenters. The average Bonchev–Trinajstić information content (AvgIpc) is 3.28. The highest BCUT2D eigenvalue weighted by atomic mass is 35.5. The maximum atomic E-state index is 12.0. The van der Waals surface area contributed by atoms with E-state index in [1.165, 1.54) is 5.56 Å². The first-order valence-corrected chi connectivity index (χ1v) is 12.6. The van der Waals surface area contributed by atoms with Crippen molar-refractivity contribution in [2.45, 2.75) is 39.0 Å². The molecule has 0 spiro atoms. The monoisotopic (exact) mass is 486 g/mol. The molecule has 1 aliphatic heterocycles. The number of fused-ring (bicyclic) bond motifs is 1. The standard InChI is InChI=1S/C27H35ClN2O4/c1-3-32-25(27(31)33-4-2)15-19-7-11-22(12-8-19)34-14-13-29-26-23-17-30(18-24(23)26)16-20-5-9-21(28)10-6-20/h5-12,23-26,29H,3-4,13-18H2,1-2H3/t23-,24?,25+,26?/m0/s1. The van der Waals surface area contributed by atoms with Crippen LogP contribution in [-0.2, 0) is 27.2 Å². The number of hydrogen-bond acceptors (Lipinski definition) is 6. The molecule has 2 fully saturated rings. The maximum Gasteiger partial charge on any atom is 0.335 e. The van der Waals surface area contributed by atoms with Crippen LogP contribution in [-0.4, -0.2) is 62.5 Å². The van der Waals surface area contributed by atoms with Gasteiger partial charge in [0.15, 0.2) is 6.10 Å². The highest BCUT2D eigenvalue weighted by Crippen LogP contribution is 2.45. The van der Waals surface area contributed by atoms with Gasteiger partial charge in [0.05, 0.1) is 6.61 Å². The Balaban J connectivity index is 1.12. The Hall–Kier alpha value is -2.12. The summed E-state index contributed by atoms with van der Waals surface area (Å²) in [5.74, 6) is 2.03. The van der Waals surface area contributed by atoms with E-state index < -0.39 is 6.10 Å². The quantitative estimate of drug-likeness (QED) is 0.342. The lowest BCUT2D eigenvalue weighted by molar-refractivity contribution is -0.156. The summed E-state index contributed by atoms with van der Waals surface area (Å²) in [5.41, 5.74) is 2.34. The van der Waals surface area contributed by atoms with Gasteiger partial charge in [0.2, 0.25) is 0 Å². The fourth-order valence-electron chi connectivity index (χ4n) is 4.87. The minimum atomic E-state index is -0.568. The second-order valence-electron chi connectivity index (χ2n) is 9.02. The number of ether oxygens (including phenoxy) is 3. The van der Waals surface area contributed by atoms with E-state index in [0.29, 0.717) is 32.3 Å². The van der Waals surface area contributed by atoms with Crippen LogP contribution in [0.5, 0.6) is 5.75 Å². The topological polar surface area (TPSA) is 60.0 Å². The summed E-state index contributed by atoms with van der Waals surface area (Å²) >= 11 is 5.98. The van der Waals surface area contributed by atoms with Crippen LogP contribution < -0.4 is 10.1 Å². The number of benzene rings is 2. The van der Waals surface area contributed by atoms with Gasteiger partial charge < -0.3 is 19.5 Å². The largest absolute Gasteiger partial charge is 0.492 e. The molecule has 1 saturated carbocycles. The lowest BCUT2D eigenvalue weighted by Gasteiger charge is -2.20. The second-order valence-corrected chi connectivity index (χ2v) is 9.46. The van der Waals surface area contributed by atoms with Gasteiger partial charge >= 0.3 is 5.97 Å². The predicted octanol–water partition coefficient (Wildman–Crippen LogP) is 3.95. The van der Waals surface area contributed by atoms with Crippen molar-refractivity contribution < 1.29 is 19.0 Å². The summed E-state index contributed by atoms with van der Waals surface area (Å²) < 4.78 is 16.6. The maximum absolute atomic E-state index is 12.0. The summed E-state index contributed by atoms with van der Waals surface area (Å²) in [7, 11) is 0. The van der Waals surface area contributed by atoms with Crippen LogP contribution in [0.15, 0.2) is 48.5 Å². The number of likely N-dealkylation sites (tertiary alicyclic amines) is 1. The first-order valence-electron chi connectivity index (χ1n) is 12.3. The number of carbonyl (C=O) groups is 1. The number of hydrogen-bond donors (Lipinski definition) is 1. The third-order valence-electron chi connectivity index (χ3n) is 6.60. The fraction of sp³-hybridized carbons (Fsp3) is 0.519. The molecule has 0 bridgehead atoms. The Morgan fingerprint density at radius 1 is 1.03 bits per heavy atom. The molecule has 0 aromatic heterocycles. The van der Waals surface area contributed by atoms with Gasteiger partial charge in [-0.3, -0.25) is 4.90 Å². The van der Waals surface area contributed by atoms with E-state index in [4.69, 9.17) is 25.8 Å². The van der Waals surface area contributed by atoms with Crippen LogP contribution >= 0.6 is 11.6 Å². The summed E-state index contributed by atoms with van der Waals surface area (Å²) in [6.45, 7) is 9.29. The SMILES string of the molecule is CCOC(=O)[C@@H](Cc1ccc(OCCNC2C3CN(Cc4ccc(Cl)cc4)C[C@@H]32)cc1)OCC. The van der Waals surface area contributed by atoms with Crippen molar-refractivity contribution in [3.63, 3.8) is 0 Å². The van der Waals surface area contributed by atoms with Gasteiger partial charge in [0, 0.05) is 50.3 Å². The molecule has 184 valence electrons. The smallest absolute Gasteiger partial charge is 0.335 e. The first kappa shape index (κ1) is 25.0. The zero-order valence-electron chi connectivity index (χ0n) is 20.0. The van der Waals surface area contributed by atoms with Crippen molar-refractivity contribution >= 4 is 17.6 Å². The van der Waals surface area contributed by atoms with Gasteiger partial charge in [-0.2, -0.15) is 0 Å². The molecule has 2 unspecified atom stereocenters. The van der Waals surface area contributed by atoms with Crippen LogP contribution in [0.3, 0.4) is 0 Å². The highest BCUT2D eigenvalue weighted by Gasteiger charge is 2.55. The van der Waals surface area contributed by atoms with Crippen molar-refractivity contribution in [3.05, 3.63) is 64.7 Å². The number of rotatable bonds is 13.